The summed E-state index contributed by atoms with van der Waals surface area (Å²) >= 11 is 0. The first kappa shape index (κ1) is 96.4. The molecule has 0 aromatic carbocycles. The van der Waals surface area contributed by atoms with Crippen molar-refractivity contribution in [1.29, 1.82) is 0 Å². The van der Waals surface area contributed by atoms with Crippen LogP contribution in [0.3, 0.4) is 0 Å². The second-order valence-electron chi connectivity index (χ2n) is 27.2. The zero-order valence-electron chi connectivity index (χ0n) is 57.4. The highest BCUT2D eigenvalue weighted by Crippen LogP contribution is 2.27. The molecule has 0 unspecified atom stereocenters. The topological polar surface area (TPSA) is 43.4 Å². The second kappa shape index (κ2) is 64.8. The molecule has 0 fully saturated rings. The summed E-state index contributed by atoms with van der Waals surface area (Å²) in [5.41, 5.74) is 0. The van der Waals surface area contributed by atoms with Crippen LogP contribution in [-0.4, -0.2) is 100 Å². The molecule has 0 radical (unpaired) electrons. The molecule has 0 N–H and O–H groups in total. The van der Waals surface area contributed by atoms with Crippen molar-refractivity contribution < 1.29 is 16.5 Å². The van der Waals surface area contributed by atoms with Gasteiger partial charge in [0.15, 0.2) is 34.0 Å². The fourth-order valence-corrected chi connectivity index (χ4v) is 37.7. The molecule has 6 nitrogen and oxygen atoms in total. The molecule has 0 amide bonds. The Hall–Kier alpha value is 0.801. The fourth-order valence-electron chi connectivity index (χ4n) is 11.4. The predicted molar refractivity (Wildman–Crippen MR) is 400 cm³/mol. The Morgan fingerprint density at radius 2 is 0.524 bits per heavy atom. The van der Waals surface area contributed by atoms with E-state index in [0.29, 0.717) is 0 Å². The van der Waals surface area contributed by atoms with Gasteiger partial charge in [0.1, 0.15) is 0 Å². The largest absolute Gasteiger partial charge is 0.440 e. The zero-order valence-corrected chi connectivity index (χ0v) is 63.6. The normalized spacial score (nSPS) is 12.0. The van der Waals surface area contributed by atoms with Gasteiger partial charge < -0.3 is 21.4 Å². The van der Waals surface area contributed by atoms with Crippen LogP contribution in [0, 0.1) is 0 Å². The van der Waals surface area contributed by atoms with Crippen molar-refractivity contribution in [2.45, 2.75) is 406 Å². The average Bonchev–Trinajstić information content (AvgIpc) is 3.34. The molecule has 0 aliphatic carbocycles. The molecule has 0 heterocycles. The van der Waals surface area contributed by atoms with Gasteiger partial charge in [0, 0.05) is 6.54 Å². The smallest absolute Gasteiger partial charge is 0.311 e. The Morgan fingerprint density at radius 1 is 0.305 bits per heavy atom. The van der Waals surface area contributed by atoms with Gasteiger partial charge >= 0.3 is 17.1 Å². The summed E-state index contributed by atoms with van der Waals surface area (Å²) in [5.74, 6) is 0. The summed E-state index contributed by atoms with van der Waals surface area (Å²) in [5, 5.41) is 0. The van der Waals surface area contributed by atoms with E-state index < -0.39 is 51.1 Å². The summed E-state index contributed by atoms with van der Waals surface area (Å²) in [6, 6.07) is 3.79. The van der Waals surface area contributed by atoms with Crippen LogP contribution < -0.4 is 0 Å². The van der Waals surface area contributed by atoms with E-state index >= 15 is 0 Å². The van der Waals surface area contributed by atoms with E-state index in [-0.39, 0.29) is 29.7 Å². The molecule has 0 spiro atoms. The van der Waals surface area contributed by atoms with Gasteiger partial charge in [-0.25, -0.2) is 0 Å². The highest BCUT2D eigenvalue weighted by atomic mass is 28.5. The van der Waals surface area contributed by atoms with E-state index in [1.165, 1.54) is 288 Å². The maximum absolute atomic E-state index is 6.90. The molecule has 0 aliphatic heterocycles. The standard InChI is InChI=1S/C33H75NO2Si3.C23H47N.C10H28O2Si3.4CH4/c1-10-13-16-18-20-22-24-26-29-34(30-27-25-23-21-19-17-14-11-2)31-28-33-38(6,7)36-39(8,9)35-37(4,5)32-15-12-3;1-4-7-9-11-13-15-17-19-22-24(21-6-3)23-20-18-16-14-12-10-8-5-2;1-8-9-10-14(4,5)12-15(6,7)11-13(2)3;;;;/h10-33H2,1-9H3;6H,3-5,7-23H2,1-2H3;13H,8-10H2,1-7H3;4*1H4. The molecule has 0 saturated carbocycles. The van der Waals surface area contributed by atoms with Crippen molar-refractivity contribution in [3.8, 4) is 0 Å². The van der Waals surface area contributed by atoms with Crippen molar-refractivity contribution in [3.63, 3.8) is 0 Å². The van der Waals surface area contributed by atoms with Gasteiger partial charge in [-0.2, -0.15) is 0 Å². The first-order chi connectivity index (χ1) is 37.0. The summed E-state index contributed by atoms with van der Waals surface area (Å²) in [4.78, 5) is 5.42. The van der Waals surface area contributed by atoms with E-state index in [9.17, 15) is 0 Å². The lowest BCUT2D eigenvalue weighted by Gasteiger charge is -2.39. The van der Waals surface area contributed by atoms with Crippen molar-refractivity contribution in [3.05, 3.63) is 12.7 Å². The van der Waals surface area contributed by atoms with Crippen LogP contribution in [0.4, 0.5) is 0 Å². The van der Waals surface area contributed by atoms with Gasteiger partial charge in [0.05, 0.1) is 0 Å². The van der Waals surface area contributed by atoms with E-state index in [0.717, 1.165) is 6.54 Å². The molecule has 0 aromatic heterocycles. The van der Waals surface area contributed by atoms with Crippen molar-refractivity contribution in [1.82, 2.24) is 9.80 Å². The van der Waals surface area contributed by atoms with Crippen molar-refractivity contribution in [2.24, 2.45) is 0 Å². The third-order valence-electron chi connectivity index (χ3n) is 15.3. The minimum Gasteiger partial charge on any atom is -0.440 e. The van der Waals surface area contributed by atoms with Crippen molar-refractivity contribution >= 4 is 51.1 Å². The average molecular weight is 1270 g/mol. The Kier molecular flexibility index (Phi) is 76.2. The van der Waals surface area contributed by atoms with E-state index in [2.05, 4.69) is 143 Å². The van der Waals surface area contributed by atoms with Crippen LogP contribution >= 0.6 is 0 Å². The van der Waals surface area contributed by atoms with E-state index in [4.69, 9.17) is 16.5 Å². The quantitative estimate of drug-likeness (QED) is 0.0344. The highest BCUT2D eigenvalue weighted by Gasteiger charge is 2.39. The molecule has 504 valence electrons. The third-order valence-corrected chi connectivity index (χ3v) is 36.7. The number of rotatable bonds is 56. The van der Waals surface area contributed by atoms with E-state index in [1.54, 1.807) is 0 Å². The van der Waals surface area contributed by atoms with Crippen LogP contribution in [0.25, 0.3) is 0 Å². The molecule has 0 bridgehead atoms. The molecule has 0 aromatic rings. The van der Waals surface area contributed by atoms with Crippen LogP contribution in [-0.2, 0) is 16.5 Å². The van der Waals surface area contributed by atoms with Gasteiger partial charge in [-0.05, 0) is 162 Å². The lowest BCUT2D eigenvalue weighted by Crippen LogP contribution is -2.52. The molecule has 0 atom stereocenters. The Balaban J connectivity index is -0.000000223. The Labute approximate surface area is 531 Å². The van der Waals surface area contributed by atoms with Crippen LogP contribution in [0.15, 0.2) is 12.7 Å². The maximum atomic E-state index is 6.90. The number of hydrogen-bond acceptors (Lipinski definition) is 6. The van der Waals surface area contributed by atoms with Crippen LogP contribution in [0.5, 0.6) is 0 Å². The second-order valence-corrected chi connectivity index (χ2v) is 50.3. The van der Waals surface area contributed by atoms with Gasteiger partial charge in [-0.1, -0.05) is 283 Å². The summed E-state index contributed by atoms with van der Waals surface area (Å²) in [7, 11) is -9.67. The van der Waals surface area contributed by atoms with Crippen LogP contribution in [0.2, 0.25) is 96.7 Å². The maximum Gasteiger partial charge on any atom is 0.311 e. The summed E-state index contributed by atoms with van der Waals surface area (Å²) in [6.45, 7) is 52.9. The number of hydrogen-bond donors (Lipinski definition) is 0. The third kappa shape index (κ3) is 73.3. The molecular formula is C70H166N2O4Si6. The molecule has 12 heteroatoms. The van der Waals surface area contributed by atoms with Crippen molar-refractivity contribution in [2.75, 3.05) is 39.3 Å². The molecule has 0 aliphatic rings. The fraction of sp³-hybridized carbons (Fsp3) is 0.971. The number of unbranched alkanes of at least 4 members (excludes halogenated alkanes) is 30. The SMILES string of the molecule is C.C.C.C.C=CCN(CCCCCCCCCC)CCCCCCCCCC.CCCCCCCCCCN(CCCCCCCCCC)CCC[Si](C)(C)O[Si](C)(C)O[Si](C)(C)CCCC.CCCC[Si](C)(C)O[Si](C)(C)O[SiH](C)C. The molecule has 0 rings (SSSR count). The number of nitrogens with zero attached hydrogens (tertiary/aromatic N) is 2. The summed E-state index contributed by atoms with van der Waals surface area (Å²) < 4.78 is 26.1. The van der Waals surface area contributed by atoms with Gasteiger partial charge in [-0.3, -0.25) is 4.90 Å². The highest BCUT2D eigenvalue weighted by molar-refractivity contribution is 6.88. The van der Waals surface area contributed by atoms with Gasteiger partial charge in [0.2, 0.25) is 0 Å². The monoisotopic (exact) mass is 1270 g/mol. The first-order valence-corrected chi connectivity index (χ1v) is 52.6. The lowest BCUT2D eigenvalue weighted by atomic mass is 10.1. The zero-order chi connectivity index (χ0) is 59.3. The lowest BCUT2D eigenvalue weighted by molar-refractivity contribution is 0.259. The predicted octanol–water partition coefficient (Wildman–Crippen LogP) is 25.9. The Bertz CT molecular complexity index is 1200. The van der Waals surface area contributed by atoms with E-state index in [1.807, 2.05) is 0 Å². The minimum absolute atomic E-state index is 0. The van der Waals surface area contributed by atoms with Gasteiger partial charge in [-0.15, -0.1) is 6.58 Å². The minimum atomic E-state index is -2.08. The molecule has 82 heavy (non-hydrogen) atoms. The summed E-state index contributed by atoms with van der Waals surface area (Å²) in [6.07, 6.45) is 53.8. The molecule has 0 saturated heterocycles. The first-order valence-electron chi connectivity index (χ1n) is 34.8. The molecular weight excluding hydrogens is 1100 g/mol. The van der Waals surface area contributed by atoms with Crippen LogP contribution in [0.1, 0.15) is 309 Å². The van der Waals surface area contributed by atoms with Gasteiger partial charge in [0.25, 0.3) is 0 Å². The Morgan fingerprint density at radius 3 is 0.780 bits per heavy atom.